The quantitative estimate of drug-likeness (QED) is 0.798. The minimum absolute atomic E-state index is 0.179. The molecule has 0 saturated heterocycles. The van der Waals surface area contributed by atoms with Gasteiger partial charge in [0.2, 0.25) is 0 Å². The van der Waals surface area contributed by atoms with Crippen LogP contribution < -0.4 is 0 Å². The summed E-state index contributed by atoms with van der Waals surface area (Å²) in [6.07, 6.45) is 4.13. The molecule has 1 aromatic carbocycles. The van der Waals surface area contributed by atoms with Crippen LogP contribution in [0.5, 0.6) is 0 Å². The molecule has 0 aliphatic carbocycles. The maximum Gasteiger partial charge on any atom is 0.0739 e. The van der Waals surface area contributed by atoms with Gasteiger partial charge in [-0.25, -0.2) is 0 Å². The molecule has 0 N–H and O–H groups in total. The molecule has 2 aromatic rings. The summed E-state index contributed by atoms with van der Waals surface area (Å²) in [6, 6.07) is 8.40. The van der Waals surface area contributed by atoms with Gasteiger partial charge < -0.3 is 4.74 Å². The van der Waals surface area contributed by atoms with Crippen LogP contribution in [-0.2, 0) is 11.3 Å². The highest BCUT2D eigenvalue weighted by molar-refractivity contribution is 14.1. The Balaban J connectivity index is 2.18. The van der Waals surface area contributed by atoms with Crippen molar-refractivity contribution in [3.63, 3.8) is 0 Å². The summed E-state index contributed by atoms with van der Waals surface area (Å²) in [5, 5.41) is 4.34. The Hall–Kier alpha value is -0.880. The smallest absolute Gasteiger partial charge is 0.0739 e. The second-order valence-corrected chi connectivity index (χ2v) is 5.25. The first-order chi connectivity index (χ1) is 8.19. The normalized spacial score (nSPS) is 12.6. The number of rotatable bonds is 4. The van der Waals surface area contributed by atoms with E-state index in [-0.39, 0.29) is 6.10 Å². The van der Waals surface area contributed by atoms with Gasteiger partial charge in [-0.15, -0.1) is 0 Å². The minimum atomic E-state index is 0.179. The van der Waals surface area contributed by atoms with Gasteiger partial charge in [0, 0.05) is 22.4 Å². The van der Waals surface area contributed by atoms with Gasteiger partial charge in [-0.05, 0) is 47.2 Å². The van der Waals surface area contributed by atoms with Crippen LogP contribution >= 0.6 is 22.6 Å². The van der Waals surface area contributed by atoms with Crippen LogP contribution in [0.1, 0.15) is 6.92 Å². The number of methoxy groups -OCH3 is 1. The molecule has 0 spiro atoms. The maximum atomic E-state index is 5.23. The van der Waals surface area contributed by atoms with Gasteiger partial charge in [0.15, 0.2) is 0 Å². The second kappa shape index (κ2) is 5.64. The molecule has 0 aliphatic rings. The lowest BCUT2D eigenvalue weighted by Crippen LogP contribution is -2.14. The lowest BCUT2D eigenvalue weighted by molar-refractivity contribution is 0.0998. The standard InChI is InChI=1S/C13H15IN2O/c1-10(17-2)8-16-9-12(7-15-16)11-4-3-5-13(14)6-11/h3-7,9-10H,8H2,1-2H3. The van der Waals surface area contributed by atoms with Gasteiger partial charge in [0.1, 0.15) is 0 Å². The van der Waals surface area contributed by atoms with E-state index >= 15 is 0 Å². The van der Waals surface area contributed by atoms with Crippen molar-refractivity contribution in [2.75, 3.05) is 7.11 Å². The largest absolute Gasteiger partial charge is 0.380 e. The van der Waals surface area contributed by atoms with Crippen molar-refractivity contribution in [2.45, 2.75) is 19.6 Å². The van der Waals surface area contributed by atoms with Gasteiger partial charge in [0.25, 0.3) is 0 Å². The van der Waals surface area contributed by atoms with Crippen molar-refractivity contribution in [2.24, 2.45) is 0 Å². The van der Waals surface area contributed by atoms with Crippen molar-refractivity contribution in [3.05, 3.63) is 40.2 Å². The van der Waals surface area contributed by atoms with Crippen LogP contribution in [0.25, 0.3) is 11.1 Å². The molecule has 90 valence electrons. The predicted molar refractivity (Wildman–Crippen MR) is 76.9 cm³/mol. The van der Waals surface area contributed by atoms with Crippen molar-refractivity contribution in [1.29, 1.82) is 0 Å². The Bertz CT molecular complexity index is 496. The molecule has 1 heterocycles. The number of hydrogen-bond donors (Lipinski definition) is 0. The zero-order valence-electron chi connectivity index (χ0n) is 9.93. The number of benzene rings is 1. The highest BCUT2D eigenvalue weighted by atomic mass is 127. The van der Waals surface area contributed by atoms with Crippen LogP contribution in [0, 0.1) is 3.57 Å². The summed E-state index contributed by atoms with van der Waals surface area (Å²) < 4.78 is 8.38. The van der Waals surface area contributed by atoms with E-state index in [1.165, 1.54) is 9.13 Å². The molecule has 3 nitrogen and oxygen atoms in total. The van der Waals surface area contributed by atoms with E-state index in [1.807, 2.05) is 17.8 Å². The summed E-state index contributed by atoms with van der Waals surface area (Å²) in [5.74, 6) is 0. The summed E-state index contributed by atoms with van der Waals surface area (Å²) in [5.41, 5.74) is 2.35. The van der Waals surface area contributed by atoms with E-state index in [0.29, 0.717) is 0 Å². The highest BCUT2D eigenvalue weighted by Crippen LogP contribution is 2.20. The molecule has 1 aromatic heterocycles. The number of hydrogen-bond acceptors (Lipinski definition) is 2. The lowest BCUT2D eigenvalue weighted by atomic mass is 10.1. The Morgan fingerprint density at radius 2 is 2.24 bits per heavy atom. The summed E-state index contributed by atoms with van der Waals surface area (Å²) in [6.45, 7) is 2.81. The first-order valence-corrected chi connectivity index (χ1v) is 6.58. The fourth-order valence-electron chi connectivity index (χ4n) is 1.62. The van der Waals surface area contributed by atoms with Gasteiger partial charge in [-0.2, -0.15) is 5.10 Å². The van der Waals surface area contributed by atoms with Crippen molar-refractivity contribution in [1.82, 2.24) is 9.78 Å². The molecule has 2 rings (SSSR count). The average molecular weight is 342 g/mol. The molecule has 0 amide bonds. The van der Waals surface area contributed by atoms with Crippen LogP contribution in [0.15, 0.2) is 36.7 Å². The number of ether oxygens (including phenoxy) is 1. The topological polar surface area (TPSA) is 27.1 Å². The van der Waals surface area contributed by atoms with E-state index in [4.69, 9.17) is 4.74 Å². The lowest BCUT2D eigenvalue weighted by Gasteiger charge is -2.08. The minimum Gasteiger partial charge on any atom is -0.380 e. The van der Waals surface area contributed by atoms with Crippen LogP contribution in [0.3, 0.4) is 0 Å². The summed E-state index contributed by atoms with van der Waals surface area (Å²) in [7, 11) is 1.72. The Morgan fingerprint density at radius 1 is 1.41 bits per heavy atom. The van der Waals surface area contributed by atoms with E-state index in [0.717, 1.165) is 12.1 Å². The molecule has 1 atom stereocenters. The molecule has 0 radical (unpaired) electrons. The third-order valence-electron chi connectivity index (χ3n) is 2.64. The van der Waals surface area contributed by atoms with Crippen molar-refractivity contribution < 1.29 is 4.74 Å². The fourth-order valence-corrected chi connectivity index (χ4v) is 2.16. The van der Waals surface area contributed by atoms with Gasteiger partial charge in [-0.3, -0.25) is 4.68 Å². The molecule has 17 heavy (non-hydrogen) atoms. The van der Waals surface area contributed by atoms with Crippen LogP contribution in [-0.4, -0.2) is 23.0 Å². The SMILES string of the molecule is COC(C)Cn1cc(-c2cccc(I)c2)cn1. The molecule has 0 aliphatic heterocycles. The van der Waals surface area contributed by atoms with E-state index in [1.54, 1.807) is 7.11 Å². The summed E-state index contributed by atoms with van der Waals surface area (Å²) >= 11 is 2.32. The second-order valence-electron chi connectivity index (χ2n) is 4.01. The first-order valence-electron chi connectivity index (χ1n) is 5.50. The van der Waals surface area contributed by atoms with Crippen molar-refractivity contribution >= 4 is 22.6 Å². The molecule has 0 bridgehead atoms. The average Bonchev–Trinajstić information content (AvgIpc) is 2.77. The van der Waals surface area contributed by atoms with E-state index < -0.39 is 0 Å². The predicted octanol–water partition coefficient (Wildman–Crippen LogP) is 3.19. The number of aromatic nitrogens is 2. The monoisotopic (exact) mass is 342 g/mol. The molecule has 0 saturated carbocycles. The van der Waals surface area contributed by atoms with Gasteiger partial charge in [0.05, 0.1) is 18.8 Å². The highest BCUT2D eigenvalue weighted by Gasteiger charge is 2.05. The van der Waals surface area contributed by atoms with E-state index in [2.05, 4.69) is 58.2 Å². The van der Waals surface area contributed by atoms with E-state index in [9.17, 15) is 0 Å². The first kappa shape index (κ1) is 12.6. The van der Waals surface area contributed by atoms with Gasteiger partial charge in [-0.1, -0.05) is 12.1 Å². The Labute approximate surface area is 115 Å². The molecule has 1 unspecified atom stereocenters. The Morgan fingerprint density at radius 3 is 2.94 bits per heavy atom. The number of halogens is 1. The van der Waals surface area contributed by atoms with Gasteiger partial charge >= 0.3 is 0 Å². The third kappa shape index (κ3) is 3.29. The van der Waals surface area contributed by atoms with Crippen molar-refractivity contribution in [3.8, 4) is 11.1 Å². The van der Waals surface area contributed by atoms with Crippen LogP contribution in [0.4, 0.5) is 0 Å². The molecular formula is C13H15IN2O. The number of nitrogens with zero attached hydrogens (tertiary/aromatic N) is 2. The summed E-state index contributed by atoms with van der Waals surface area (Å²) in [4.78, 5) is 0. The molecular weight excluding hydrogens is 327 g/mol. The molecule has 4 heteroatoms. The Kier molecular flexibility index (Phi) is 4.17. The maximum absolute atomic E-state index is 5.23. The third-order valence-corrected chi connectivity index (χ3v) is 3.31. The zero-order chi connectivity index (χ0) is 12.3. The molecule has 0 fully saturated rings. The zero-order valence-corrected chi connectivity index (χ0v) is 12.1. The van der Waals surface area contributed by atoms with Crippen LogP contribution in [0.2, 0.25) is 0 Å². The fraction of sp³-hybridized carbons (Fsp3) is 0.308.